The third kappa shape index (κ3) is 13.9. The van der Waals surface area contributed by atoms with E-state index in [1.54, 1.807) is 7.11 Å². The average molecular weight is 392 g/mol. The van der Waals surface area contributed by atoms with Crippen molar-refractivity contribution in [3.8, 4) is 0 Å². The van der Waals surface area contributed by atoms with E-state index in [4.69, 9.17) is 8.85 Å². The molecule has 0 spiro atoms. The van der Waals surface area contributed by atoms with E-state index in [1.165, 1.54) is 37.4 Å². The highest BCUT2D eigenvalue weighted by Gasteiger charge is 2.29. The van der Waals surface area contributed by atoms with E-state index in [1.807, 2.05) is 0 Å². The van der Waals surface area contributed by atoms with Crippen molar-refractivity contribution in [3.63, 3.8) is 0 Å². The Morgan fingerprint density at radius 1 is 1.04 bits per heavy atom. The van der Waals surface area contributed by atoms with Crippen LogP contribution in [0.25, 0.3) is 0 Å². The fourth-order valence-corrected chi connectivity index (χ4v) is 5.56. The monoisotopic (exact) mass is 391 g/mol. The summed E-state index contributed by atoms with van der Waals surface area (Å²) in [5.74, 6) is 0.888. The molecule has 0 aliphatic carbocycles. The number of thioether (sulfide) groups is 1. The van der Waals surface area contributed by atoms with Gasteiger partial charge in [-0.3, -0.25) is 4.79 Å². The van der Waals surface area contributed by atoms with Crippen molar-refractivity contribution in [1.82, 2.24) is 4.90 Å². The third-order valence-electron chi connectivity index (χ3n) is 4.66. The van der Waals surface area contributed by atoms with Crippen LogP contribution >= 0.6 is 11.8 Å². The van der Waals surface area contributed by atoms with Gasteiger partial charge in [0.15, 0.2) is 5.12 Å². The van der Waals surface area contributed by atoms with Crippen molar-refractivity contribution in [1.29, 1.82) is 0 Å². The molecule has 0 saturated carbocycles. The first-order chi connectivity index (χ1) is 12.0. The molecule has 6 heteroatoms. The molecule has 0 fully saturated rings. The van der Waals surface area contributed by atoms with Gasteiger partial charge in [-0.05, 0) is 38.5 Å². The minimum absolute atomic E-state index is 0.347. The molecule has 4 nitrogen and oxygen atoms in total. The lowest BCUT2D eigenvalue weighted by Crippen LogP contribution is -2.40. The molecule has 0 aromatic rings. The average Bonchev–Trinajstić information content (AvgIpc) is 2.62. The number of rotatable bonds is 17. The molecule has 0 rings (SSSR count). The summed E-state index contributed by atoms with van der Waals surface area (Å²) >= 11 is 1.49. The van der Waals surface area contributed by atoms with Gasteiger partial charge in [0.05, 0.1) is 0 Å². The Balaban J connectivity index is 3.81. The zero-order chi connectivity index (χ0) is 19.0. The number of carbonyl (C=O) groups excluding carboxylic acids is 1. The lowest BCUT2D eigenvalue weighted by Gasteiger charge is -2.27. The minimum atomic E-state index is -2.08. The van der Waals surface area contributed by atoms with Crippen molar-refractivity contribution in [2.24, 2.45) is 0 Å². The summed E-state index contributed by atoms with van der Waals surface area (Å²) in [5.41, 5.74) is 0. The summed E-state index contributed by atoms with van der Waals surface area (Å²) in [6.07, 6.45) is 7.76. The maximum Gasteiger partial charge on any atom is 0.334 e. The predicted octanol–water partition coefficient (Wildman–Crippen LogP) is 5.07. The van der Waals surface area contributed by atoms with Crippen molar-refractivity contribution in [2.45, 2.75) is 78.3 Å². The Hall–Kier alpha value is 0.117. The quantitative estimate of drug-likeness (QED) is 0.255. The molecule has 0 saturated heterocycles. The number of hydrogen-bond acceptors (Lipinski definition) is 5. The molecule has 0 radical (unpaired) electrons. The van der Waals surface area contributed by atoms with E-state index >= 15 is 0 Å². The van der Waals surface area contributed by atoms with Crippen LogP contribution in [-0.4, -0.2) is 57.7 Å². The van der Waals surface area contributed by atoms with Gasteiger partial charge in [-0.1, -0.05) is 58.2 Å². The third-order valence-corrected chi connectivity index (χ3v) is 8.62. The van der Waals surface area contributed by atoms with Gasteiger partial charge in [-0.15, -0.1) is 0 Å². The van der Waals surface area contributed by atoms with Gasteiger partial charge in [0.2, 0.25) is 0 Å². The Morgan fingerprint density at radius 2 is 1.72 bits per heavy atom. The number of hydrogen-bond donors (Lipinski definition) is 0. The lowest BCUT2D eigenvalue weighted by atomic mass is 10.1. The van der Waals surface area contributed by atoms with Crippen molar-refractivity contribution in [3.05, 3.63) is 0 Å². The van der Waals surface area contributed by atoms with Crippen molar-refractivity contribution < 1.29 is 13.6 Å². The molecular weight excluding hydrogens is 350 g/mol. The van der Waals surface area contributed by atoms with E-state index in [0.717, 1.165) is 57.3 Å². The van der Waals surface area contributed by atoms with Gasteiger partial charge in [-0.2, -0.15) is 0 Å². The van der Waals surface area contributed by atoms with Crippen LogP contribution in [0.15, 0.2) is 0 Å². The lowest BCUT2D eigenvalue weighted by molar-refractivity contribution is -0.111. The smallest absolute Gasteiger partial charge is 0.334 e. The SMILES string of the molecule is CCCCCCCC(=O)SCCC[Si](C)(OC)OCCN(CC)CC. The first-order valence-corrected chi connectivity index (χ1v) is 13.6. The van der Waals surface area contributed by atoms with Crippen molar-refractivity contribution in [2.75, 3.05) is 39.1 Å². The van der Waals surface area contributed by atoms with Crippen LogP contribution in [-0.2, 0) is 13.6 Å². The topological polar surface area (TPSA) is 38.8 Å². The summed E-state index contributed by atoms with van der Waals surface area (Å²) in [4.78, 5) is 14.2. The van der Waals surface area contributed by atoms with Crippen LogP contribution in [0.1, 0.15) is 65.7 Å². The van der Waals surface area contributed by atoms with E-state index in [2.05, 4.69) is 32.2 Å². The van der Waals surface area contributed by atoms with Crippen LogP contribution in [0.4, 0.5) is 0 Å². The summed E-state index contributed by atoms with van der Waals surface area (Å²) in [6, 6.07) is 0.957. The molecule has 0 aromatic carbocycles. The predicted molar refractivity (Wildman–Crippen MR) is 113 cm³/mol. The molecule has 0 aromatic heterocycles. The van der Waals surface area contributed by atoms with Crippen LogP contribution in [0, 0.1) is 0 Å². The molecule has 0 bridgehead atoms. The summed E-state index contributed by atoms with van der Waals surface area (Å²) < 4.78 is 11.8. The van der Waals surface area contributed by atoms with E-state index in [9.17, 15) is 4.79 Å². The maximum absolute atomic E-state index is 11.9. The summed E-state index contributed by atoms with van der Waals surface area (Å²) in [6.45, 7) is 12.5. The molecule has 0 N–H and O–H groups in total. The molecule has 1 unspecified atom stereocenters. The van der Waals surface area contributed by atoms with Gasteiger partial charge >= 0.3 is 8.56 Å². The second-order valence-electron chi connectivity index (χ2n) is 6.70. The summed E-state index contributed by atoms with van der Waals surface area (Å²) in [5, 5.41) is 0.347. The number of nitrogens with zero attached hydrogens (tertiary/aromatic N) is 1. The van der Waals surface area contributed by atoms with Crippen LogP contribution in [0.2, 0.25) is 12.6 Å². The fourth-order valence-electron chi connectivity index (χ4n) is 2.69. The molecule has 25 heavy (non-hydrogen) atoms. The summed E-state index contributed by atoms with van der Waals surface area (Å²) in [7, 11) is -0.317. The number of unbranched alkanes of at least 4 members (excludes halogenated alkanes) is 4. The molecule has 0 aliphatic rings. The van der Waals surface area contributed by atoms with Gasteiger partial charge in [0, 0.05) is 32.4 Å². The largest absolute Gasteiger partial charge is 0.398 e. The number of carbonyl (C=O) groups is 1. The first kappa shape index (κ1) is 25.1. The second kappa shape index (κ2) is 16.3. The number of likely N-dealkylation sites (N-methyl/N-ethyl adjacent to an activating group) is 1. The van der Waals surface area contributed by atoms with Crippen LogP contribution in [0.5, 0.6) is 0 Å². The Kier molecular flexibility index (Phi) is 16.4. The van der Waals surface area contributed by atoms with E-state index in [0.29, 0.717) is 5.12 Å². The van der Waals surface area contributed by atoms with Crippen LogP contribution in [0.3, 0.4) is 0 Å². The van der Waals surface area contributed by atoms with Gasteiger partial charge in [0.1, 0.15) is 0 Å². The van der Waals surface area contributed by atoms with Gasteiger partial charge in [-0.25, -0.2) is 0 Å². The molecule has 150 valence electrons. The molecular formula is C19H41NO3SSi. The highest BCUT2D eigenvalue weighted by Crippen LogP contribution is 2.19. The Labute approximate surface area is 161 Å². The highest BCUT2D eigenvalue weighted by atomic mass is 32.2. The minimum Gasteiger partial charge on any atom is -0.398 e. The van der Waals surface area contributed by atoms with Crippen LogP contribution < -0.4 is 0 Å². The maximum atomic E-state index is 11.9. The Morgan fingerprint density at radius 3 is 2.32 bits per heavy atom. The molecule has 0 heterocycles. The Bertz CT molecular complexity index is 330. The molecule has 1 atom stereocenters. The molecule has 0 amide bonds. The second-order valence-corrected chi connectivity index (χ2v) is 11.3. The zero-order valence-corrected chi connectivity index (χ0v) is 19.1. The molecule has 0 aliphatic heterocycles. The van der Waals surface area contributed by atoms with Crippen molar-refractivity contribution >= 4 is 25.4 Å². The fraction of sp³-hybridized carbons (Fsp3) is 0.947. The van der Waals surface area contributed by atoms with Gasteiger partial charge in [0.25, 0.3) is 0 Å². The van der Waals surface area contributed by atoms with E-state index < -0.39 is 8.56 Å². The normalized spacial score (nSPS) is 14.0. The van der Waals surface area contributed by atoms with Gasteiger partial charge < -0.3 is 13.8 Å². The first-order valence-electron chi connectivity index (χ1n) is 10.1. The van der Waals surface area contributed by atoms with E-state index in [-0.39, 0.29) is 0 Å². The highest BCUT2D eigenvalue weighted by molar-refractivity contribution is 8.13. The zero-order valence-electron chi connectivity index (χ0n) is 17.3. The standard InChI is InChI=1S/C19H41NO3SSi/c1-6-9-10-11-12-14-19(21)24-17-13-18-25(5,22-4)23-16-15-20(7-2)8-3/h6-18H2,1-5H3.